The zero-order valence-corrected chi connectivity index (χ0v) is 10.3. The molecule has 0 bridgehead atoms. The van der Waals surface area contributed by atoms with Gasteiger partial charge < -0.3 is 9.84 Å². The average Bonchev–Trinajstić information content (AvgIpc) is 3.01. The van der Waals surface area contributed by atoms with Crippen LogP contribution in [0.25, 0.3) is 0 Å². The molecule has 0 spiro atoms. The number of carbonyl (C=O) groups is 1. The SMILES string of the molecule is CCCCCOCC(C)(NC1CC1)C(=O)O. The molecule has 0 aromatic rings. The first-order valence-electron chi connectivity index (χ1n) is 6.17. The predicted octanol–water partition coefficient (Wildman–Crippen LogP) is 1.79. The Kier molecular flexibility index (Phi) is 5.22. The van der Waals surface area contributed by atoms with Crippen molar-refractivity contribution in [2.75, 3.05) is 13.2 Å². The van der Waals surface area contributed by atoms with Crippen LogP contribution in [0, 0.1) is 0 Å². The standard InChI is InChI=1S/C12H23NO3/c1-3-4-5-8-16-9-12(2,11(14)15)13-10-6-7-10/h10,13H,3-9H2,1-2H3,(H,14,15). The first kappa shape index (κ1) is 13.5. The molecule has 0 aromatic heterocycles. The van der Waals surface area contributed by atoms with E-state index in [9.17, 15) is 4.79 Å². The van der Waals surface area contributed by atoms with Crippen molar-refractivity contribution in [2.24, 2.45) is 0 Å². The first-order chi connectivity index (χ1) is 7.58. The summed E-state index contributed by atoms with van der Waals surface area (Å²) in [5.74, 6) is -0.824. The summed E-state index contributed by atoms with van der Waals surface area (Å²) < 4.78 is 5.45. The summed E-state index contributed by atoms with van der Waals surface area (Å²) in [6.07, 6.45) is 5.47. The zero-order chi connectivity index (χ0) is 12.0. The number of hydrogen-bond donors (Lipinski definition) is 2. The molecule has 1 unspecified atom stereocenters. The van der Waals surface area contributed by atoms with Gasteiger partial charge in [-0.2, -0.15) is 0 Å². The minimum absolute atomic E-state index is 0.253. The lowest BCUT2D eigenvalue weighted by atomic mass is 10.0. The molecule has 0 heterocycles. The van der Waals surface area contributed by atoms with Crippen LogP contribution in [-0.4, -0.2) is 35.9 Å². The summed E-state index contributed by atoms with van der Waals surface area (Å²) in [5, 5.41) is 12.3. The molecule has 2 N–H and O–H groups in total. The topological polar surface area (TPSA) is 58.6 Å². The van der Waals surface area contributed by atoms with E-state index in [1.165, 1.54) is 0 Å². The molecule has 0 saturated heterocycles. The molecule has 0 aromatic carbocycles. The summed E-state index contributed by atoms with van der Waals surface area (Å²) in [7, 11) is 0. The van der Waals surface area contributed by atoms with Gasteiger partial charge in [0.15, 0.2) is 0 Å². The fourth-order valence-corrected chi connectivity index (χ4v) is 1.57. The van der Waals surface area contributed by atoms with Crippen LogP contribution in [0.15, 0.2) is 0 Å². The molecular weight excluding hydrogens is 206 g/mol. The normalized spacial score (nSPS) is 19.4. The van der Waals surface area contributed by atoms with Crippen LogP contribution in [0.1, 0.15) is 46.0 Å². The summed E-state index contributed by atoms with van der Waals surface area (Å²) in [6, 6.07) is 0.375. The van der Waals surface area contributed by atoms with E-state index in [1.54, 1.807) is 6.92 Å². The van der Waals surface area contributed by atoms with Crippen molar-refractivity contribution in [2.45, 2.75) is 57.5 Å². The molecular formula is C12H23NO3. The van der Waals surface area contributed by atoms with Gasteiger partial charge in [0.05, 0.1) is 6.61 Å². The molecule has 16 heavy (non-hydrogen) atoms. The first-order valence-corrected chi connectivity index (χ1v) is 6.17. The van der Waals surface area contributed by atoms with E-state index in [0.29, 0.717) is 12.6 Å². The molecule has 4 heteroatoms. The van der Waals surface area contributed by atoms with Gasteiger partial charge in [-0.25, -0.2) is 0 Å². The largest absolute Gasteiger partial charge is 0.480 e. The van der Waals surface area contributed by atoms with Gasteiger partial charge in [0.25, 0.3) is 0 Å². The second kappa shape index (κ2) is 6.21. The van der Waals surface area contributed by atoms with E-state index >= 15 is 0 Å². The van der Waals surface area contributed by atoms with Crippen molar-refractivity contribution in [3.05, 3.63) is 0 Å². The molecule has 0 radical (unpaired) electrons. The third kappa shape index (κ3) is 4.49. The van der Waals surface area contributed by atoms with Crippen molar-refractivity contribution in [3.8, 4) is 0 Å². The van der Waals surface area contributed by atoms with E-state index in [2.05, 4.69) is 12.2 Å². The maximum Gasteiger partial charge on any atom is 0.326 e. The van der Waals surface area contributed by atoms with Crippen LogP contribution in [0.4, 0.5) is 0 Å². The number of ether oxygens (including phenoxy) is 1. The van der Waals surface area contributed by atoms with Gasteiger partial charge in [-0.1, -0.05) is 19.8 Å². The van der Waals surface area contributed by atoms with Crippen molar-refractivity contribution < 1.29 is 14.6 Å². The highest BCUT2D eigenvalue weighted by Crippen LogP contribution is 2.22. The maximum atomic E-state index is 11.2. The smallest absolute Gasteiger partial charge is 0.326 e. The average molecular weight is 229 g/mol. The Bertz CT molecular complexity index is 228. The Hall–Kier alpha value is -0.610. The molecule has 1 aliphatic carbocycles. The minimum Gasteiger partial charge on any atom is -0.480 e. The zero-order valence-electron chi connectivity index (χ0n) is 10.3. The summed E-state index contributed by atoms with van der Waals surface area (Å²) in [5.41, 5.74) is -0.923. The Morgan fingerprint density at radius 2 is 2.19 bits per heavy atom. The third-order valence-corrected chi connectivity index (χ3v) is 2.86. The van der Waals surface area contributed by atoms with Crippen LogP contribution in [0.3, 0.4) is 0 Å². The fourth-order valence-electron chi connectivity index (χ4n) is 1.57. The Balaban J connectivity index is 2.23. The lowest BCUT2D eigenvalue weighted by Gasteiger charge is -2.26. The highest BCUT2D eigenvalue weighted by molar-refractivity contribution is 5.78. The maximum absolute atomic E-state index is 11.2. The number of nitrogens with one attached hydrogen (secondary N) is 1. The summed E-state index contributed by atoms with van der Waals surface area (Å²) >= 11 is 0. The van der Waals surface area contributed by atoms with Gasteiger partial charge in [-0.3, -0.25) is 10.1 Å². The van der Waals surface area contributed by atoms with Gasteiger partial charge in [0.1, 0.15) is 5.54 Å². The Morgan fingerprint density at radius 3 is 2.69 bits per heavy atom. The number of aliphatic carboxylic acids is 1. The van der Waals surface area contributed by atoms with Crippen LogP contribution in [0.2, 0.25) is 0 Å². The quantitative estimate of drug-likeness (QED) is 0.592. The Morgan fingerprint density at radius 1 is 1.50 bits per heavy atom. The monoisotopic (exact) mass is 229 g/mol. The van der Waals surface area contributed by atoms with Gasteiger partial charge in [-0.05, 0) is 26.2 Å². The number of hydrogen-bond acceptors (Lipinski definition) is 3. The number of rotatable bonds is 9. The van der Waals surface area contributed by atoms with Gasteiger partial charge in [-0.15, -0.1) is 0 Å². The molecule has 0 amide bonds. The minimum atomic E-state index is -0.923. The van der Waals surface area contributed by atoms with Crippen LogP contribution in [0.5, 0.6) is 0 Å². The lowest BCUT2D eigenvalue weighted by molar-refractivity contribution is -0.147. The van der Waals surface area contributed by atoms with Gasteiger partial charge in [0.2, 0.25) is 0 Å². The second-order valence-corrected chi connectivity index (χ2v) is 4.82. The van der Waals surface area contributed by atoms with E-state index < -0.39 is 11.5 Å². The molecule has 1 fully saturated rings. The number of unbranched alkanes of at least 4 members (excludes halogenated alkanes) is 2. The van der Waals surface area contributed by atoms with E-state index in [-0.39, 0.29) is 6.61 Å². The number of carboxylic acids is 1. The highest BCUT2D eigenvalue weighted by Gasteiger charge is 2.38. The van der Waals surface area contributed by atoms with E-state index in [0.717, 1.165) is 32.1 Å². The van der Waals surface area contributed by atoms with E-state index in [1.807, 2.05) is 0 Å². The molecule has 1 rings (SSSR count). The fraction of sp³-hybridized carbons (Fsp3) is 0.917. The summed E-state index contributed by atoms with van der Waals surface area (Å²) in [4.78, 5) is 11.2. The molecule has 4 nitrogen and oxygen atoms in total. The van der Waals surface area contributed by atoms with Crippen molar-refractivity contribution in [3.63, 3.8) is 0 Å². The molecule has 0 aliphatic heterocycles. The number of carboxylic acid groups (broad SMARTS) is 1. The van der Waals surface area contributed by atoms with Gasteiger partial charge >= 0.3 is 5.97 Å². The second-order valence-electron chi connectivity index (χ2n) is 4.82. The van der Waals surface area contributed by atoms with E-state index in [4.69, 9.17) is 9.84 Å². The van der Waals surface area contributed by atoms with Crippen molar-refractivity contribution in [1.82, 2.24) is 5.32 Å². The van der Waals surface area contributed by atoms with Crippen LogP contribution in [-0.2, 0) is 9.53 Å². The van der Waals surface area contributed by atoms with Crippen molar-refractivity contribution >= 4 is 5.97 Å². The highest BCUT2D eigenvalue weighted by atomic mass is 16.5. The predicted molar refractivity (Wildman–Crippen MR) is 62.5 cm³/mol. The molecule has 1 aliphatic rings. The molecule has 1 atom stereocenters. The Labute approximate surface area is 97.4 Å². The van der Waals surface area contributed by atoms with Crippen molar-refractivity contribution in [1.29, 1.82) is 0 Å². The molecule has 94 valence electrons. The molecule has 1 saturated carbocycles. The third-order valence-electron chi connectivity index (χ3n) is 2.86. The lowest BCUT2D eigenvalue weighted by Crippen LogP contribution is -2.54. The van der Waals surface area contributed by atoms with Crippen LogP contribution < -0.4 is 5.32 Å². The van der Waals surface area contributed by atoms with Crippen LogP contribution >= 0.6 is 0 Å². The van der Waals surface area contributed by atoms with Gasteiger partial charge in [0, 0.05) is 12.6 Å². The summed E-state index contributed by atoms with van der Waals surface area (Å²) in [6.45, 7) is 4.75.